The monoisotopic (exact) mass is 264 g/mol. The predicted molar refractivity (Wildman–Crippen MR) is 82.4 cm³/mol. The second-order valence-corrected chi connectivity index (χ2v) is 5.66. The highest BCUT2D eigenvalue weighted by atomic mass is 16.3. The van der Waals surface area contributed by atoms with Crippen molar-refractivity contribution in [2.75, 3.05) is 32.6 Å². The Morgan fingerprint density at radius 1 is 1.21 bits per heavy atom. The lowest BCUT2D eigenvalue weighted by Gasteiger charge is -2.30. The SMILES string of the molecule is CCC(CC)(CO)CNc1cccc(CN(C)C)c1. The van der Waals surface area contributed by atoms with Crippen LogP contribution in [-0.4, -0.2) is 37.3 Å². The van der Waals surface area contributed by atoms with Crippen molar-refractivity contribution in [2.24, 2.45) is 5.41 Å². The van der Waals surface area contributed by atoms with E-state index in [4.69, 9.17) is 0 Å². The zero-order valence-electron chi connectivity index (χ0n) is 12.7. The first kappa shape index (κ1) is 16.0. The maximum absolute atomic E-state index is 9.58. The summed E-state index contributed by atoms with van der Waals surface area (Å²) in [4.78, 5) is 2.16. The largest absolute Gasteiger partial charge is 0.396 e. The van der Waals surface area contributed by atoms with Crippen LogP contribution in [-0.2, 0) is 6.54 Å². The van der Waals surface area contributed by atoms with Crippen molar-refractivity contribution in [3.8, 4) is 0 Å². The molecule has 0 aliphatic heterocycles. The van der Waals surface area contributed by atoms with E-state index in [0.717, 1.165) is 31.6 Å². The van der Waals surface area contributed by atoms with Crippen LogP contribution >= 0.6 is 0 Å². The van der Waals surface area contributed by atoms with Crippen LogP contribution in [0.15, 0.2) is 24.3 Å². The molecular weight excluding hydrogens is 236 g/mol. The number of anilines is 1. The minimum atomic E-state index is -0.00243. The Hall–Kier alpha value is -1.06. The highest BCUT2D eigenvalue weighted by molar-refractivity contribution is 5.45. The lowest BCUT2D eigenvalue weighted by atomic mass is 9.83. The summed E-state index contributed by atoms with van der Waals surface area (Å²) in [5.41, 5.74) is 2.44. The lowest BCUT2D eigenvalue weighted by molar-refractivity contribution is 0.127. The van der Waals surface area contributed by atoms with Gasteiger partial charge < -0.3 is 15.3 Å². The van der Waals surface area contributed by atoms with Gasteiger partial charge in [-0.1, -0.05) is 26.0 Å². The molecule has 0 radical (unpaired) electrons. The summed E-state index contributed by atoms with van der Waals surface area (Å²) in [6.07, 6.45) is 1.98. The van der Waals surface area contributed by atoms with Crippen molar-refractivity contribution < 1.29 is 5.11 Å². The Kier molecular flexibility index (Phi) is 6.32. The van der Waals surface area contributed by atoms with Crippen LogP contribution < -0.4 is 5.32 Å². The van der Waals surface area contributed by atoms with Gasteiger partial charge in [0.15, 0.2) is 0 Å². The minimum absolute atomic E-state index is 0.00243. The zero-order valence-corrected chi connectivity index (χ0v) is 12.7. The van der Waals surface area contributed by atoms with Gasteiger partial charge in [0.05, 0.1) is 6.61 Å². The van der Waals surface area contributed by atoms with Gasteiger partial charge in [-0.25, -0.2) is 0 Å². The van der Waals surface area contributed by atoms with Gasteiger partial charge >= 0.3 is 0 Å². The van der Waals surface area contributed by atoms with Gasteiger partial charge in [-0.3, -0.25) is 0 Å². The van der Waals surface area contributed by atoms with Crippen molar-refractivity contribution in [1.29, 1.82) is 0 Å². The first-order chi connectivity index (χ1) is 9.05. The maximum Gasteiger partial charge on any atom is 0.0504 e. The summed E-state index contributed by atoms with van der Waals surface area (Å²) in [6, 6.07) is 8.50. The molecular formula is C16H28N2O. The molecule has 0 aliphatic carbocycles. The van der Waals surface area contributed by atoms with E-state index in [0.29, 0.717) is 0 Å². The smallest absolute Gasteiger partial charge is 0.0504 e. The van der Waals surface area contributed by atoms with E-state index in [1.54, 1.807) is 0 Å². The fraction of sp³-hybridized carbons (Fsp3) is 0.625. The van der Waals surface area contributed by atoms with Crippen LogP contribution in [0.1, 0.15) is 32.3 Å². The average Bonchev–Trinajstić information content (AvgIpc) is 2.41. The summed E-state index contributed by atoms with van der Waals surface area (Å²) in [6.45, 7) is 6.29. The number of benzene rings is 1. The first-order valence-corrected chi connectivity index (χ1v) is 7.13. The minimum Gasteiger partial charge on any atom is -0.396 e. The van der Waals surface area contributed by atoms with Crippen LogP contribution in [0.4, 0.5) is 5.69 Å². The third-order valence-corrected chi connectivity index (χ3v) is 3.93. The standard InChI is InChI=1S/C16H28N2O/c1-5-16(6-2,13-19)12-17-15-9-7-8-14(10-15)11-18(3)4/h7-10,17,19H,5-6,11-13H2,1-4H3. The number of nitrogens with one attached hydrogen (secondary N) is 1. The topological polar surface area (TPSA) is 35.5 Å². The van der Waals surface area contributed by atoms with Crippen molar-refractivity contribution in [3.63, 3.8) is 0 Å². The van der Waals surface area contributed by atoms with Crippen LogP contribution in [0, 0.1) is 5.41 Å². The van der Waals surface area contributed by atoms with E-state index < -0.39 is 0 Å². The first-order valence-electron chi connectivity index (χ1n) is 7.13. The molecule has 0 aromatic heterocycles. The molecule has 0 fully saturated rings. The van der Waals surface area contributed by atoms with Gasteiger partial charge in [0, 0.05) is 24.2 Å². The number of nitrogens with zero attached hydrogens (tertiary/aromatic N) is 1. The van der Waals surface area contributed by atoms with Crippen LogP contribution in [0.3, 0.4) is 0 Å². The van der Waals surface area contributed by atoms with Crippen molar-refractivity contribution in [2.45, 2.75) is 33.2 Å². The third kappa shape index (κ3) is 4.84. The molecule has 0 heterocycles. The third-order valence-electron chi connectivity index (χ3n) is 3.93. The quantitative estimate of drug-likeness (QED) is 0.758. The highest BCUT2D eigenvalue weighted by Gasteiger charge is 2.24. The second-order valence-electron chi connectivity index (χ2n) is 5.66. The highest BCUT2D eigenvalue weighted by Crippen LogP contribution is 2.26. The molecule has 2 N–H and O–H groups in total. The van der Waals surface area contributed by atoms with Crippen molar-refractivity contribution in [1.82, 2.24) is 4.90 Å². The zero-order chi connectivity index (χ0) is 14.3. The molecule has 0 unspecified atom stereocenters. The Morgan fingerprint density at radius 3 is 2.42 bits per heavy atom. The molecule has 1 aromatic rings. The number of aliphatic hydroxyl groups is 1. The lowest BCUT2D eigenvalue weighted by Crippen LogP contribution is -2.32. The molecule has 19 heavy (non-hydrogen) atoms. The van der Waals surface area contributed by atoms with Crippen molar-refractivity contribution in [3.05, 3.63) is 29.8 Å². The molecule has 1 rings (SSSR count). The van der Waals surface area contributed by atoms with Crippen LogP contribution in [0.25, 0.3) is 0 Å². The summed E-state index contributed by atoms with van der Waals surface area (Å²) in [5.74, 6) is 0. The second kappa shape index (κ2) is 7.51. The van der Waals surface area contributed by atoms with Gasteiger partial charge in [-0.15, -0.1) is 0 Å². The molecule has 0 aliphatic rings. The van der Waals surface area contributed by atoms with Gasteiger partial charge in [-0.05, 0) is 44.6 Å². The van der Waals surface area contributed by atoms with Gasteiger partial charge in [-0.2, -0.15) is 0 Å². The Labute approximate surface area is 117 Å². The normalized spacial score (nSPS) is 11.9. The van der Waals surface area contributed by atoms with Crippen LogP contribution in [0.5, 0.6) is 0 Å². The Bertz CT molecular complexity index is 365. The molecule has 0 amide bonds. The van der Waals surface area contributed by atoms with E-state index >= 15 is 0 Å². The number of hydrogen-bond acceptors (Lipinski definition) is 3. The van der Waals surface area contributed by atoms with Gasteiger partial charge in [0.1, 0.15) is 0 Å². The molecule has 0 bridgehead atoms. The number of aliphatic hydroxyl groups excluding tert-OH is 1. The van der Waals surface area contributed by atoms with E-state index in [1.165, 1.54) is 5.56 Å². The number of hydrogen-bond donors (Lipinski definition) is 2. The molecule has 3 heteroatoms. The molecule has 0 saturated carbocycles. The fourth-order valence-electron chi connectivity index (χ4n) is 2.21. The molecule has 1 aromatic carbocycles. The molecule has 3 nitrogen and oxygen atoms in total. The predicted octanol–water partition coefficient (Wildman–Crippen LogP) is 2.96. The van der Waals surface area contributed by atoms with E-state index in [-0.39, 0.29) is 12.0 Å². The molecule has 108 valence electrons. The van der Waals surface area contributed by atoms with Crippen molar-refractivity contribution >= 4 is 5.69 Å². The maximum atomic E-state index is 9.58. The average molecular weight is 264 g/mol. The van der Waals surface area contributed by atoms with E-state index in [9.17, 15) is 5.11 Å². The molecule has 0 saturated heterocycles. The van der Waals surface area contributed by atoms with Gasteiger partial charge in [0.2, 0.25) is 0 Å². The Balaban J connectivity index is 2.66. The molecule has 0 spiro atoms. The summed E-state index contributed by atoms with van der Waals surface area (Å²) < 4.78 is 0. The van der Waals surface area contributed by atoms with Crippen LogP contribution in [0.2, 0.25) is 0 Å². The van der Waals surface area contributed by atoms with Gasteiger partial charge in [0.25, 0.3) is 0 Å². The summed E-state index contributed by atoms with van der Waals surface area (Å²) in [7, 11) is 4.15. The number of rotatable bonds is 8. The molecule has 0 atom stereocenters. The Morgan fingerprint density at radius 2 is 1.89 bits per heavy atom. The summed E-state index contributed by atoms with van der Waals surface area (Å²) >= 11 is 0. The van der Waals surface area contributed by atoms with E-state index in [2.05, 4.69) is 62.4 Å². The fourth-order valence-corrected chi connectivity index (χ4v) is 2.21. The summed E-state index contributed by atoms with van der Waals surface area (Å²) in [5, 5.41) is 13.1. The van der Waals surface area contributed by atoms with E-state index in [1.807, 2.05) is 0 Å².